The third kappa shape index (κ3) is 4.24. The lowest BCUT2D eigenvalue weighted by atomic mass is 10.1. The summed E-state index contributed by atoms with van der Waals surface area (Å²) in [5, 5.41) is 5.64. The molecule has 3 aromatic rings. The molecule has 0 aliphatic rings. The Balaban J connectivity index is 1.63. The van der Waals surface area contributed by atoms with E-state index in [-0.39, 0.29) is 5.91 Å². The summed E-state index contributed by atoms with van der Waals surface area (Å²) in [6, 6.07) is 15.5. The molecule has 1 amide bonds. The van der Waals surface area contributed by atoms with Crippen molar-refractivity contribution in [3.05, 3.63) is 65.3 Å². The van der Waals surface area contributed by atoms with Crippen molar-refractivity contribution in [2.75, 3.05) is 12.9 Å². The van der Waals surface area contributed by atoms with Crippen molar-refractivity contribution in [3.8, 4) is 5.88 Å². The lowest BCUT2D eigenvalue weighted by molar-refractivity contribution is -0.118. The van der Waals surface area contributed by atoms with Crippen LogP contribution in [-0.4, -0.2) is 23.8 Å². The summed E-state index contributed by atoms with van der Waals surface area (Å²) in [7, 11) is 1.56. The predicted molar refractivity (Wildman–Crippen MR) is 102 cm³/mol. The Bertz CT molecular complexity index is 896. The molecule has 6 heteroatoms. The van der Waals surface area contributed by atoms with E-state index in [0.29, 0.717) is 23.2 Å². The van der Waals surface area contributed by atoms with Crippen LogP contribution in [0.5, 0.6) is 5.88 Å². The second-order valence-corrected chi connectivity index (χ2v) is 6.76. The van der Waals surface area contributed by atoms with Gasteiger partial charge in [-0.2, -0.15) is 0 Å². The first kappa shape index (κ1) is 17.6. The second-order valence-electron chi connectivity index (χ2n) is 5.33. The number of nitrogens with zero attached hydrogens (tertiary/aromatic N) is 1. The summed E-state index contributed by atoms with van der Waals surface area (Å²) in [6.07, 6.45) is 1.66. The summed E-state index contributed by atoms with van der Waals surface area (Å²) in [5.74, 6) is 0.781. The van der Waals surface area contributed by atoms with Crippen LogP contribution in [0.2, 0.25) is 5.02 Å². The fourth-order valence-electron chi connectivity index (χ4n) is 2.51. The number of methoxy groups -OCH3 is 1. The number of benzene rings is 2. The zero-order chi connectivity index (χ0) is 17.6. The SMILES string of the molecule is COc1ncccc1CNC(=O)CSc1cccc2cccc(Cl)c12. The Kier molecular flexibility index (Phi) is 5.79. The van der Waals surface area contributed by atoms with E-state index in [0.717, 1.165) is 21.2 Å². The van der Waals surface area contributed by atoms with Crippen molar-refractivity contribution in [1.29, 1.82) is 0 Å². The van der Waals surface area contributed by atoms with Gasteiger partial charge in [0, 0.05) is 33.6 Å². The summed E-state index contributed by atoms with van der Waals surface area (Å²) in [6.45, 7) is 0.382. The Morgan fingerprint density at radius 2 is 2.00 bits per heavy atom. The van der Waals surface area contributed by atoms with Gasteiger partial charge in [-0.05, 0) is 23.6 Å². The number of carbonyl (C=O) groups is 1. The van der Waals surface area contributed by atoms with E-state index in [9.17, 15) is 4.79 Å². The molecule has 0 spiro atoms. The maximum Gasteiger partial charge on any atom is 0.230 e. The van der Waals surface area contributed by atoms with Crippen LogP contribution < -0.4 is 10.1 Å². The summed E-state index contributed by atoms with van der Waals surface area (Å²) < 4.78 is 5.19. The van der Waals surface area contributed by atoms with Crippen molar-refractivity contribution in [3.63, 3.8) is 0 Å². The number of rotatable bonds is 6. The van der Waals surface area contributed by atoms with Gasteiger partial charge in [0.15, 0.2) is 0 Å². The average Bonchev–Trinajstić information content (AvgIpc) is 2.65. The minimum atomic E-state index is -0.0556. The molecule has 0 atom stereocenters. The van der Waals surface area contributed by atoms with Crippen LogP contribution in [0.25, 0.3) is 10.8 Å². The molecular formula is C19H17ClN2O2S. The molecule has 2 aromatic carbocycles. The van der Waals surface area contributed by atoms with Crippen LogP contribution in [0.1, 0.15) is 5.56 Å². The molecule has 0 radical (unpaired) electrons. The summed E-state index contributed by atoms with van der Waals surface area (Å²) in [4.78, 5) is 17.3. The standard InChI is InChI=1S/C19H17ClN2O2S/c1-24-19-14(7-4-10-21-19)11-22-17(23)12-25-16-9-3-6-13-5-2-8-15(20)18(13)16/h2-10H,11-12H2,1H3,(H,22,23). The van der Waals surface area contributed by atoms with Crippen LogP contribution in [0, 0.1) is 0 Å². The zero-order valence-corrected chi connectivity index (χ0v) is 15.2. The third-order valence-corrected chi connectivity index (χ3v) is 5.07. The fraction of sp³-hybridized carbons (Fsp3) is 0.158. The van der Waals surface area contributed by atoms with E-state index in [1.54, 1.807) is 13.3 Å². The maximum absolute atomic E-state index is 12.2. The van der Waals surface area contributed by atoms with Crippen molar-refractivity contribution in [2.24, 2.45) is 0 Å². The number of halogens is 1. The van der Waals surface area contributed by atoms with E-state index >= 15 is 0 Å². The minimum Gasteiger partial charge on any atom is -0.481 e. The Hall–Kier alpha value is -2.24. The quantitative estimate of drug-likeness (QED) is 0.655. The molecular weight excluding hydrogens is 356 g/mol. The monoisotopic (exact) mass is 372 g/mol. The highest BCUT2D eigenvalue weighted by Gasteiger charge is 2.09. The summed E-state index contributed by atoms with van der Waals surface area (Å²) in [5.41, 5.74) is 0.844. The molecule has 0 saturated heterocycles. The van der Waals surface area contributed by atoms with Crippen molar-refractivity contribution in [2.45, 2.75) is 11.4 Å². The average molecular weight is 373 g/mol. The van der Waals surface area contributed by atoms with Crippen LogP contribution >= 0.6 is 23.4 Å². The third-order valence-electron chi connectivity index (χ3n) is 3.69. The molecule has 0 saturated carbocycles. The largest absolute Gasteiger partial charge is 0.481 e. The van der Waals surface area contributed by atoms with Crippen molar-refractivity contribution >= 4 is 40.0 Å². The number of nitrogens with one attached hydrogen (secondary N) is 1. The van der Waals surface area contributed by atoms with Crippen molar-refractivity contribution < 1.29 is 9.53 Å². The van der Waals surface area contributed by atoms with Gasteiger partial charge in [0.05, 0.1) is 12.9 Å². The Morgan fingerprint density at radius 1 is 1.20 bits per heavy atom. The van der Waals surface area contributed by atoms with E-state index in [1.165, 1.54) is 11.8 Å². The molecule has 25 heavy (non-hydrogen) atoms. The molecule has 1 heterocycles. The van der Waals surface area contributed by atoms with Gasteiger partial charge in [0.1, 0.15) is 0 Å². The number of pyridine rings is 1. The highest BCUT2D eigenvalue weighted by atomic mass is 35.5. The smallest absolute Gasteiger partial charge is 0.230 e. The van der Waals surface area contributed by atoms with Gasteiger partial charge in [-0.1, -0.05) is 41.9 Å². The number of fused-ring (bicyclic) bond motifs is 1. The number of ether oxygens (including phenoxy) is 1. The van der Waals surface area contributed by atoms with Crippen LogP contribution in [0.15, 0.2) is 59.6 Å². The number of carbonyl (C=O) groups excluding carboxylic acids is 1. The Labute approximate surface area is 155 Å². The van der Waals surface area contributed by atoms with Gasteiger partial charge < -0.3 is 10.1 Å². The molecule has 1 aromatic heterocycles. The number of aromatic nitrogens is 1. The molecule has 0 unspecified atom stereocenters. The summed E-state index contributed by atoms with van der Waals surface area (Å²) >= 11 is 7.79. The van der Waals surface area contributed by atoms with Crippen LogP contribution in [-0.2, 0) is 11.3 Å². The van der Waals surface area contributed by atoms with Crippen LogP contribution in [0.4, 0.5) is 0 Å². The highest BCUT2D eigenvalue weighted by molar-refractivity contribution is 8.00. The molecule has 128 valence electrons. The zero-order valence-electron chi connectivity index (χ0n) is 13.7. The number of hydrogen-bond acceptors (Lipinski definition) is 4. The Morgan fingerprint density at radius 3 is 2.80 bits per heavy atom. The number of thioether (sulfide) groups is 1. The molecule has 1 N–H and O–H groups in total. The van der Waals surface area contributed by atoms with E-state index in [2.05, 4.69) is 10.3 Å². The van der Waals surface area contributed by atoms with Gasteiger partial charge in [0.25, 0.3) is 0 Å². The molecule has 3 rings (SSSR count). The highest BCUT2D eigenvalue weighted by Crippen LogP contribution is 2.33. The lowest BCUT2D eigenvalue weighted by Gasteiger charge is -2.10. The van der Waals surface area contributed by atoms with Crippen LogP contribution in [0.3, 0.4) is 0 Å². The van der Waals surface area contributed by atoms with E-state index in [1.807, 2.05) is 48.5 Å². The molecule has 0 aliphatic carbocycles. The molecule has 0 aliphatic heterocycles. The van der Waals surface area contributed by atoms with Gasteiger partial charge in [0.2, 0.25) is 11.8 Å². The maximum atomic E-state index is 12.2. The minimum absolute atomic E-state index is 0.0556. The first-order valence-corrected chi connectivity index (χ1v) is 9.10. The molecule has 0 bridgehead atoms. The van der Waals surface area contributed by atoms with Gasteiger partial charge in [-0.3, -0.25) is 4.79 Å². The number of amides is 1. The van der Waals surface area contributed by atoms with Gasteiger partial charge >= 0.3 is 0 Å². The lowest BCUT2D eigenvalue weighted by Crippen LogP contribution is -2.24. The second kappa shape index (κ2) is 8.23. The molecule has 4 nitrogen and oxygen atoms in total. The first-order valence-electron chi connectivity index (χ1n) is 7.73. The number of hydrogen-bond donors (Lipinski definition) is 1. The normalized spacial score (nSPS) is 10.6. The van der Waals surface area contributed by atoms with Gasteiger partial charge in [-0.25, -0.2) is 4.98 Å². The van der Waals surface area contributed by atoms with Crippen molar-refractivity contribution in [1.82, 2.24) is 10.3 Å². The predicted octanol–water partition coefficient (Wildman–Crippen LogP) is 4.31. The fourth-order valence-corrected chi connectivity index (χ4v) is 3.79. The van der Waals surface area contributed by atoms with Gasteiger partial charge in [-0.15, -0.1) is 11.8 Å². The first-order chi connectivity index (χ1) is 12.2. The molecule has 0 fully saturated rings. The van der Waals surface area contributed by atoms with E-state index in [4.69, 9.17) is 16.3 Å². The topological polar surface area (TPSA) is 51.2 Å². The van der Waals surface area contributed by atoms with E-state index < -0.39 is 0 Å².